The Hall–Kier alpha value is -3.33. The van der Waals surface area contributed by atoms with Crippen molar-refractivity contribution in [3.05, 3.63) is 70.7 Å². The van der Waals surface area contributed by atoms with Gasteiger partial charge in [-0.3, -0.25) is 19.1 Å². The van der Waals surface area contributed by atoms with E-state index in [2.05, 4.69) is 4.98 Å². The van der Waals surface area contributed by atoms with Crippen LogP contribution in [0.25, 0.3) is 10.9 Å². The van der Waals surface area contributed by atoms with Crippen LogP contribution in [-0.4, -0.2) is 64.7 Å². The summed E-state index contributed by atoms with van der Waals surface area (Å²) in [6.07, 6.45) is 1.48. The van der Waals surface area contributed by atoms with Crippen molar-refractivity contribution in [1.82, 2.24) is 14.8 Å². The molecule has 0 bridgehead atoms. The molecule has 0 aliphatic carbocycles. The standard InChI is InChI=1S/C26H29FN3O6P/c1-4-35-37(34,36-5-2)14-13-29(3)25(32)21-19-7-6-12-28-23(19)24(31)22-20(21)16-30(26(22)33)15-17-8-10-18(27)11-9-17/h6-12,31H,4-5,13-16H2,1-3H3. The Morgan fingerprint density at radius 2 is 1.86 bits per heavy atom. The number of aromatic hydroxyl groups is 1. The van der Waals surface area contributed by atoms with Crippen LogP contribution in [0.2, 0.25) is 0 Å². The molecule has 0 atom stereocenters. The van der Waals surface area contributed by atoms with Gasteiger partial charge in [0.05, 0.1) is 30.5 Å². The van der Waals surface area contributed by atoms with Crippen LogP contribution >= 0.6 is 7.60 Å². The minimum absolute atomic E-state index is 0.00298. The first kappa shape index (κ1) is 26.7. The molecule has 37 heavy (non-hydrogen) atoms. The summed E-state index contributed by atoms with van der Waals surface area (Å²) in [5, 5.41) is 11.4. The smallest absolute Gasteiger partial charge is 0.332 e. The van der Waals surface area contributed by atoms with E-state index in [0.29, 0.717) is 16.5 Å². The van der Waals surface area contributed by atoms with Gasteiger partial charge in [0.1, 0.15) is 11.3 Å². The molecule has 2 aromatic carbocycles. The molecule has 2 heterocycles. The number of carbonyl (C=O) groups is 2. The first-order valence-corrected chi connectivity index (χ1v) is 13.7. The van der Waals surface area contributed by atoms with Crippen LogP contribution in [0.3, 0.4) is 0 Å². The number of aromatic nitrogens is 1. The lowest BCUT2D eigenvalue weighted by Crippen LogP contribution is -2.31. The normalized spacial score (nSPS) is 13.3. The second-order valence-corrected chi connectivity index (χ2v) is 10.8. The Balaban J connectivity index is 1.69. The Morgan fingerprint density at radius 1 is 1.19 bits per heavy atom. The van der Waals surface area contributed by atoms with Crippen LogP contribution in [0.1, 0.15) is 45.7 Å². The Labute approximate surface area is 214 Å². The molecule has 1 aliphatic heterocycles. The zero-order chi connectivity index (χ0) is 26.7. The number of benzene rings is 2. The van der Waals surface area contributed by atoms with Crippen LogP contribution < -0.4 is 0 Å². The third kappa shape index (κ3) is 5.37. The van der Waals surface area contributed by atoms with Crippen molar-refractivity contribution >= 4 is 30.3 Å². The van der Waals surface area contributed by atoms with Crippen LogP contribution in [0.15, 0.2) is 42.6 Å². The second-order valence-electron chi connectivity index (χ2n) is 8.66. The van der Waals surface area contributed by atoms with E-state index in [0.717, 1.165) is 0 Å². The average Bonchev–Trinajstić information content (AvgIpc) is 3.20. The Morgan fingerprint density at radius 3 is 2.51 bits per heavy atom. The van der Waals surface area contributed by atoms with E-state index < -0.39 is 19.4 Å². The van der Waals surface area contributed by atoms with E-state index in [9.17, 15) is 23.7 Å². The van der Waals surface area contributed by atoms with Gasteiger partial charge < -0.3 is 24.0 Å². The van der Waals surface area contributed by atoms with Crippen LogP contribution in [0.5, 0.6) is 5.75 Å². The van der Waals surface area contributed by atoms with Crippen LogP contribution in [-0.2, 0) is 26.7 Å². The quantitative estimate of drug-likeness (QED) is 0.383. The molecule has 196 valence electrons. The van der Waals surface area contributed by atoms with E-state index in [-0.39, 0.29) is 67.2 Å². The number of phenolic OH excluding ortho intramolecular Hbond substituents is 1. The maximum atomic E-state index is 13.7. The van der Waals surface area contributed by atoms with Gasteiger partial charge in [-0.05, 0) is 37.6 Å². The largest absolute Gasteiger partial charge is 0.505 e. The molecule has 4 rings (SSSR count). The SMILES string of the molecule is CCOP(=O)(CCN(C)C(=O)c1c2c(c(O)c3ncccc13)C(=O)N(Cc1ccc(F)cc1)C2)OCC. The molecule has 1 N–H and O–H groups in total. The maximum absolute atomic E-state index is 13.7. The van der Waals surface area contributed by atoms with Crippen molar-refractivity contribution < 1.29 is 32.7 Å². The number of amides is 2. The van der Waals surface area contributed by atoms with E-state index in [1.165, 1.54) is 28.1 Å². The zero-order valence-electron chi connectivity index (χ0n) is 20.9. The lowest BCUT2D eigenvalue weighted by atomic mass is 9.95. The predicted molar refractivity (Wildman–Crippen MR) is 136 cm³/mol. The summed E-state index contributed by atoms with van der Waals surface area (Å²) in [7, 11) is -1.81. The molecule has 11 heteroatoms. The topological polar surface area (TPSA) is 109 Å². The summed E-state index contributed by atoms with van der Waals surface area (Å²) in [5.41, 5.74) is 1.51. The summed E-state index contributed by atoms with van der Waals surface area (Å²) >= 11 is 0. The fraction of sp³-hybridized carbons (Fsp3) is 0.346. The lowest BCUT2D eigenvalue weighted by Gasteiger charge is -2.23. The predicted octanol–water partition coefficient (Wildman–Crippen LogP) is 4.57. The molecule has 9 nitrogen and oxygen atoms in total. The van der Waals surface area contributed by atoms with Gasteiger partial charge in [0.25, 0.3) is 11.8 Å². The highest BCUT2D eigenvalue weighted by Crippen LogP contribution is 2.48. The Bertz CT molecular complexity index is 1370. The number of phenols is 1. The van der Waals surface area contributed by atoms with E-state index in [1.807, 2.05) is 0 Å². The second kappa shape index (κ2) is 11.0. The highest BCUT2D eigenvalue weighted by atomic mass is 31.2. The summed E-state index contributed by atoms with van der Waals surface area (Å²) in [4.78, 5) is 34.2. The zero-order valence-corrected chi connectivity index (χ0v) is 21.8. The minimum atomic E-state index is -3.37. The van der Waals surface area contributed by atoms with Gasteiger partial charge in [0.15, 0.2) is 5.75 Å². The summed E-state index contributed by atoms with van der Waals surface area (Å²) in [6, 6.07) is 9.10. The van der Waals surface area contributed by atoms with Gasteiger partial charge >= 0.3 is 7.60 Å². The molecular formula is C26H29FN3O6P. The third-order valence-electron chi connectivity index (χ3n) is 6.20. The van der Waals surface area contributed by atoms with E-state index >= 15 is 0 Å². The number of hydrogen-bond donors (Lipinski definition) is 1. The average molecular weight is 530 g/mol. The van der Waals surface area contributed by atoms with Crippen molar-refractivity contribution in [2.75, 3.05) is 33.0 Å². The molecule has 0 spiro atoms. The molecule has 0 radical (unpaired) electrons. The number of halogens is 1. The summed E-state index contributed by atoms with van der Waals surface area (Å²) in [5.74, 6) is -1.53. The Kier molecular flexibility index (Phi) is 7.92. The first-order valence-electron chi connectivity index (χ1n) is 12.0. The molecule has 1 aliphatic rings. The fourth-order valence-corrected chi connectivity index (χ4v) is 6.13. The number of hydrogen-bond acceptors (Lipinski definition) is 7. The molecule has 3 aromatic rings. The lowest BCUT2D eigenvalue weighted by molar-refractivity contribution is 0.0759. The van der Waals surface area contributed by atoms with E-state index in [4.69, 9.17) is 9.05 Å². The van der Waals surface area contributed by atoms with Gasteiger partial charge in [0, 0.05) is 43.8 Å². The van der Waals surface area contributed by atoms with Crippen molar-refractivity contribution in [3.8, 4) is 5.75 Å². The van der Waals surface area contributed by atoms with Crippen molar-refractivity contribution in [2.45, 2.75) is 26.9 Å². The van der Waals surface area contributed by atoms with Crippen LogP contribution in [0.4, 0.5) is 4.39 Å². The molecule has 0 saturated heterocycles. The van der Waals surface area contributed by atoms with Gasteiger partial charge in [-0.2, -0.15) is 0 Å². The highest BCUT2D eigenvalue weighted by Gasteiger charge is 2.37. The maximum Gasteiger partial charge on any atom is 0.332 e. The number of nitrogens with zero attached hydrogens (tertiary/aromatic N) is 3. The molecule has 0 unspecified atom stereocenters. The molecular weight excluding hydrogens is 500 g/mol. The summed E-state index contributed by atoms with van der Waals surface area (Å²) < 4.78 is 36.9. The van der Waals surface area contributed by atoms with Gasteiger partial charge in [-0.1, -0.05) is 18.2 Å². The number of carbonyl (C=O) groups excluding carboxylic acids is 2. The highest BCUT2D eigenvalue weighted by molar-refractivity contribution is 7.53. The number of rotatable bonds is 10. The third-order valence-corrected chi connectivity index (χ3v) is 8.25. The van der Waals surface area contributed by atoms with Gasteiger partial charge in [-0.15, -0.1) is 0 Å². The van der Waals surface area contributed by atoms with E-state index in [1.54, 1.807) is 45.2 Å². The van der Waals surface area contributed by atoms with Gasteiger partial charge in [0.2, 0.25) is 0 Å². The van der Waals surface area contributed by atoms with Crippen molar-refractivity contribution in [2.24, 2.45) is 0 Å². The van der Waals surface area contributed by atoms with Crippen molar-refractivity contribution in [3.63, 3.8) is 0 Å². The van der Waals surface area contributed by atoms with Crippen molar-refractivity contribution in [1.29, 1.82) is 0 Å². The molecule has 0 fully saturated rings. The fourth-order valence-electron chi connectivity index (χ4n) is 4.46. The number of fused-ring (bicyclic) bond motifs is 2. The van der Waals surface area contributed by atoms with Crippen LogP contribution in [0, 0.1) is 5.82 Å². The first-order chi connectivity index (χ1) is 17.7. The minimum Gasteiger partial charge on any atom is -0.505 e. The molecule has 2 amide bonds. The summed E-state index contributed by atoms with van der Waals surface area (Å²) in [6.45, 7) is 4.19. The monoisotopic (exact) mass is 529 g/mol. The molecule has 1 aromatic heterocycles. The van der Waals surface area contributed by atoms with Gasteiger partial charge in [-0.25, -0.2) is 4.39 Å². The number of pyridine rings is 1. The molecule has 0 saturated carbocycles.